The summed E-state index contributed by atoms with van der Waals surface area (Å²) in [7, 11) is 1.70. The molecule has 2 aromatic heterocycles. The molecule has 0 aliphatic heterocycles. The van der Waals surface area contributed by atoms with Crippen LogP contribution in [0.5, 0.6) is 0 Å². The zero-order valence-corrected chi connectivity index (χ0v) is 9.50. The molecule has 0 amide bonds. The van der Waals surface area contributed by atoms with E-state index in [0.29, 0.717) is 11.9 Å². The van der Waals surface area contributed by atoms with E-state index in [-0.39, 0.29) is 5.56 Å². The Labute approximate surface area is 97.9 Å². The molecule has 6 nitrogen and oxygen atoms in total. The minimum absolute atomic E-state index is 0.147. The summed E-state index contributed by atoms with van der Waals surface area (Å²) in [4.78, 5) is 15.8. The summed E-state index contributed by atoms with van der Waals surface area (Å²) in [6.07, 6.45) is 9.22. The Hall–Kier alpha value is -2.11. The van der Waals surface area contributed by atoms with Crippen LogP contribution in [-0.2, 0) is 7.05 Å². The maximum Gasteiger partial charge on any atom is 0.293 e. The lowest BCUT2D eigenvalue weighted by Gasteiger charge is -2.02. The highest BCUT2D eigenvalue weighted by molar-refractivity contribution is 5.52. The maximum atomic E-state index is 11.7. The Balaban J connectivity index is 1.85. The van der Waals surface area contributed by atoms with Gasteiger partial charge in [-0.05, 0) is 12.8 Å². The van der Waals surface area contributed by atoms with Crippen molar-refractivity contribution < 1.29 is 0 Å². The lowest BCUT2D eigenvalue weighted by molar-refractivity contribution is 0.642. The quantitative estimate of drug-likeness (QED) is 0.857. The Kier molecular flexibility index (Phi) is 2.21. The second-order valence-electron chi connectivity index (χ2n) is 4.26. The fourth-order valence-electron chi connectivity index (χ4n) is 1.66. The van der Waals surface area contributed by atoms with Gasteiger partial charge in [0.05, 0.1) is 17.9 Å². The molecule has 17 heavy (non-hydrogen) atoms. The van der Waals surface area contributed by atoms with E-state index in [9.17, 15) is 4.79 Å². The minimum Gasteiger partial charge on any atom is -0.333 e. The Morgan fingerprint density at radius 2 is 2.29 bits per heavy atom. The van der Waals surface area contributed by atoms with E-state index in [1.54, 1.807) is 25.6 Å². The summed E-state index contributed by atoms with van der Waals surface area (Å²) in [5.74, 6) is 0.324. The van der Waals surface area contributed by atoms with Gasteiger partial charge >= 0.3 is 0 Å². The molecule has 2 heterocycles. The topological polar surface area (TPSA) is 64.7 Å². The standard InChI is InChI=1S/C11H13N5O/c1-15-5-4-12-10(11(15)17)14-8-6-13-16(7-8)9-2-3-9/h4-7,9H,2-3H2,1H3,(H,12,14). The van der Waals surface area contributed by atoms with E-state index >= 15 is 0 Å². The predicted octanol–water partition coefficient (Wildman–Crippen LogP) is 1.06. The molecule has 0 unspecified atom stereocenters. The van der Waals surface area contributed by atoms with Crippen molar-refractivity contribution in [2.45, 2.75) is 18.9 Å². The van der Waals surface area contributed by atoms with E-state index in [4.69, 9.17) is 0 Å². The molecule has 1 saturated carbocycles. The largest absolute Gasteiger partial charge is 0.333 e. The monoisotopic (exact) mass is 231 g/mol. The van der Waals surface area contributed by atoms with Gasteiger partial charge in [-0.1, -0.05) is 0 Å². The molecule has 88 valence electrons. The van der Waals surface area contributed by atoms with Gasteiger partial charge in [-0.2, -0.15) is 5.10 Å². The van der Waals surface area contributed by atoms with E-state index in [1.165, 1.54) is 17.4 Å². The van der Waals surface area contributed by atoms with Crippen molar-refractivity contribution in [3.05, 3.63) is 35.1 Å². The minimum atomic E-state index is -0.147. The highest BCUT2D eigenvalue weighted by Gasteiger charge is 2.24. The fourth-order valence-corrected chi connectivity index (χ4v) is 1.66. The highest BCUT2D eigenvalue weighted by Crippen LogP contribution is 2.34. The van der Waals surface area contributed by atoms with Gasteiger partial charge in [0.15, 0.2) is 5.82 Å². The fraction of sp³-hybridized carbons (Fsp3) is 0.364. The van der Waals surface area contributed by atoms with Crippen molar-refractivity contribution in [1.82, 2.24) is 19.3 Å². The Morgan fingerprint density at radius 1 is 1.47 bits per heavy atom. The van der Waals surface area contributed by atoms with Crippen LogP contribution in [-0.4, -0.2) is 19.3 Å². The van der Waals surface area contributed by atoms with Crippen molar-refractivity contribution in [3.63, 3.8) is 0 Å². The number of anilines is 2. The van der Waals surface area contributed by atoms with Crippen molar-refractivity contribution in [1.29, 1.82) is 0 Å². The zero-order chi connectivity index (χ0) is 11.8. The van der Waals surface area contributed by atoms with E-state index < -0.39 is 0 Å². The van der Waals surface area contributed by atoms with Gasteiger partial charge in [0.25, 0.3) is 5.56 Å². The Bertz CT molecular complexity index is 596. The molecule has 1 fully saturated rings. The van der Waals surface area contributed by atoms with Crippen LogP contribution in [0.1, 0.15) is 18.9 Å². The number of aromatic nitrogens is 4. The average Bonchev–Trinajstić information content (AvgIpc) is 3.06. The summed E-state index contributed by atoms with van der Waals surface area (Å²) >= 11 is 0. The number of nitrogens with one attached hydrogen (secondary N) is 1. The molecule has 2 aromatic rings. The molecule has 1 aliphatic carbocycles. The smallest absolute Gasteiger partial charge is 0.293 e. The van der Waals surface area contributed by atoms with Gasteiger partial charge in [-0.25, -0.2) is 4.98 Å². The third kappa shape index (κ3) is 1.93. The summed E-state index contributed by atoms with van der Waals surface area (Å²) in [5, 5.41) is 7.23. The van der Waals surface area contributed by atoms with Gasteiger partial charge in [-0.3, -0.25) is 9.48 Å². The van der Waals surface area contributed by atoms with Gasteiger partial charge in [0, 0.05) is 25.6 Å². The number of rotatable bonds is 3. The van der Waals surface area contributed by atoms with Crippen LogP contribution in [0.25, 0.3) is 0 Å². The zero-order valence-electron chi connectivity index (χ0n) is 9.50. The maximum absolute atomic E-state index is 11.7. The second kappa shape index (κ2) is 3.73. The van der Waals surface area contributed by atoms with Crippen LogP contribution in [0.3, 0.4) is 0 Å². The average molecular weight is 231 g/mol. The summed E-state index contributed by atoms with van der Waals surface area (Å²) in [6.45, 7) is 0. The third-order valence-electron chi connectivity index (χ3n) is 2.80. The lowest BCUT2D eigenvalue weighted by Crippen LogP contribution is -2.20. The van der Waals surface area contributed by atoms with Gasteiger partial charge < -0.3 is 9.88 Å². The first-order chi connectivity index (χ1) is 8.24. The van der Waals surface area contributed by atoms with Crippen LogP contribution >= 0.6 is 0 Å². The Morgan fingerprint density at radius 3 is 3.06 bits per heavy atom. The molecular formula is C11H13N5O. The molecule has 3 rings (SSSR count). The van der Waals surface area contributed by atoms with Crippen molar-refractivity contribution in [2.24, 2.45) is 7.05 Å². The molecule has 1 aliphatic rings. The van der Waals surface area contributed by atoms with Crippen LogP contribution in [0.15, 0.2) is 29.6 Å². The number of hydrogen-bond donors (Lipinski definition) is 1. The number of aryl methyl sites for hydroxylation is 1. The van der Waals surface area contributed by atoms with Gasteiger partial charge in [-0.15, -0.1) is 0 Å². The molecule has 0 atom stereocenters. The molecule has 1 N–H and O–H groups in total. The normalized spacial score (nSPS) is 14.9. The van der Waals surface area contributed by atoms with Crippen LogP contribution in [0.4, 0.5) is 11.5 Å². The molecule has 0 spiro atoms. The van der Waals surface area contributed by atoms with E-state index in [2.05, 4.69) is 15.4 Å². The van der Waals surface area contributed by atoms with Crippen LogP contribution < -0.4 is 10.9 Å². The first-order valence-electron chi connectivity index (χ1n) is 5.57. The molecule has 0 bridgehead atoms. The predicted molar refractivity (Wildman–Crippen MR) is 63.3 cm³/mol. The third-order valence-corrected chi connectivity index (χ3v) is 2.80. The molecule has 0 radical (unpaired) electrons. The van der Waals surface area contributed by atoms with Crippen molar-refractivity contribution in [3.8, 4) is 0 Å². The first kappa shape index (κ1) is 10.1. The van der Waals surface area contributed by atoms with E-state index in [0.717, 1.165) is 5.69 Å². The van der Waals surface area contributed by atoms with Crippen LogP contribution in [0.2, 0.25) is 0 Å². The summed E-state index contributed by atoms with van der Waals surface area (Å²) < 4.78 is 3.41. The lowest BCUT2D eigenvalue weighted by atomic mass is 10.5. The van der Waals surface area contributed by atoms with E-state index in [1.807, 2.05) is 10.9 Å². The molecule has 6 heteroatoms. The van der Waals surface area contributed by atoms with Crippen molar-refractivity contribution >= 4 is 11.5 Å². The number of hydrogen-bond acceptors (Lipinski definition) is 4. The number of nitrogens with zero attached hydrogens (tertiary/aromatic N) is 4. The second-order valence-corrected chi connectivity index (χ2v) is 4.26. The molecule has 0 saturated heterocycles. The highest BCUT2D eigenvalue weighted by atomic mass is 16.1. The molecule has 0 aromatic carbocycles. The van der Waals surface area contributed by atoms with Crippen molar-refractivity contribution in [2.75, 3.05) is 5.32 Å². The van der Waals surface area contributed by atoms with Crippen LogP contribution in [0, 0.1) is 0 Å². The SMILES string of the molecule is Cn1ccnc(Nc2cnn(C3CC3)c2)c1=O. The summed E-state index contributed by atoms with van der Waals surface area (Å²) in [5.41, 5.74) is 0.652. The van der Waals surface area contributed by atoms with Gasteiger partial charge in [0.2, 0.25) is 0 Å². The first-order valence-corrected chi connectivity index (χ1v) is 5.57. The van der Waals surface area contributed by atoms with Gasteiger partial charge in [0.1, 0.15) is 0 Å². The summed E-state index contributed by atoms with van der Waals surface area (Å²) in [6, 6.07) is 0.539. The molecular weight excluding hydrogens is 218 g/mol.